The van der Waals surface area contributed by atoms with Crippen LogP contribution in [0.1, 0.15) is 49.2 Å². The van der Waals surface area contributed by atoms with Crippen LogP contribution in [0.3, 0.4) is 0 Å². The van der Waals surface area contributed by atoms with E-state index in [0.29, 0.717) is 6.04 Å². The highest BCUT2D eigenvalue weighted by atomic mass is 16.5. The van der Waals surface area contributed by atoms with Crippen molar-refractivity contribution in [3.8, 4) is 5.75 Å². The lowest BCUT2D eigenvalue weighted by molar-refractivity contribution is 0.111. The fourth-order valence-electron chi connectivity index (χ4n) is 4.49. The summed E-state index contributed by atoms with van der Waals surface area (Å²) in [6.07, 6.45) is 6.84. The van der Waals surface area contributed by atoms with Crippen molar-refractivity contribution >= 4 is 0 Å². The number of hydrogen-bond donors (Lipinski definition) is 0. The topological polar surface area (TPSA) is 59.3 Å². The van der Waals surface area contributed by atoms with Gasteiger partial charge in [-0.1, -0.05) is 31.1 Å². The third kappa shape index (κ3) is 3.95. The molecule has 0 N–H and O–H groups in total. The van der Waals surface area contributed by atoms with Crippen LogP contribution < -0.4 is 4.74 Å². The van der Waals surface area contributed by atoms with Gasteiger partial charge < -0.3 is 4.74 Å². The van der Waals surface area contributed by atoms with Crippen LogP contribution in [-0.2, 0) is 0 Å². The molecule has 7 heteroatoms. The first-order valence-corrected chi connectivity index (χ1v) is 10.3. The molecule has 2 fully saturated rings. The summed E-state index contributed by atoms with van der Waals surface area (Å²) in [5.74, 6) is 1.84. The maximum atomic E-state index is 5.36. The Labute approximate surface area is 167 Å². The summed E-state index contributed by atoms with van der Waals surface area (Å²) in [5.41, 5.74) is 1.21. The molecule has 1 aliphatic carbocycles. The lowest BCUT2D eigenvalue weighted by atomic mass is 10.0. The van der Waals surface area contributed by atoms with Crippen molar-refractivity contribution in [3.63, 3.8) is 0 Å². The molecule has 1 unspecified atom stereocenters. The molecule has 0 spiro atoms. The maximum absolute atomic E-state index is 5.36. The number of aromatic nitrogens is 4. The van der Waals surface area contributed by atoms with Gasteiger partial charge >= 0.3 is 0 Å². The van der Waals surface area contributed by atoms with Crippen molar-refractivity contribution in [2.75, 3.05) is 39.8 Å². The van der Waals surface area contributed by atoms with E-state index in [0.717, 1.165) is 44.3 Å². The molecule has 150 valence electrons. The lowest BCUT2D eigenvalue weighted by Gasteiger charge is -2.38. The first kappa shape index (κ1) is 19.1. The van der Waals surface area contributed by atoms with Crippen LogP contribution >= 0.6 is 0 Å². The summed E-state index contributed by atoms with van der Waals surface area (Å²) in [4.78, 5) is 4.95. The summed E-state index contributed by atoms with van der Waals surface area (Å²) in [6, 6.07) is 8.83. The van der Waals surface area contributed by atoms with Gasteiger partial charge in [-0.25, -0.2) is 4.68 Å². The predicted octanol–water partition coefficient (Wildman–Crippen LogP) is 2.69. The van der Waals surface area contributed by atoms with Gasteiger partial charge in [0.2, 0.25) is 0 Å². The van der Waals surface area contributed by atoms with Crippen LogP contribution in [0.2, 0.25) is 0 Å². The highest BCUT2D eigenvalue weighted by Crippen LogP contribution is 2.34. The van der Waals surface area contributed by atoms with Crippen LogP contribution in [0.5, 0.6) is 5.75 Å². The zero-order valence-electron chi connectivity index (χ0n) is 16.7. The van der Waals surface area contributed by atoms with Crippen LogP contribution in [0.15, 0.2) is 36.9 Å². The molecule has 28 heavy (non-hydrogen) atoms. The van der Waals surface area contributed by atoms with Crippen molar-refractivity contribution in [2.24, 2.45) is 0 Å². The quantitative estimate of drug-likeness (QED) is 0.686. The van der Waals surface area contributed by atoms with E-state index < -0.39 is 0 Å². The van der Waals surface area contributed by atoms with Gasteiger partial charge in [0.05, 0.1) is 19.2 Å². The smallest absolute Gasteiger partial charge is 0.173 e. The number of benzene rings is 1. The Bertz CT molecular complexity index is 759. The molecule has 4 rings (SSSR count). The van der Waals surface area contributed by atoms with E-state index in [4.69, 9.17) is 4.74 Å². The molecular formula is C21H30N6O. The normalized spacial score (nSPS) is 20.3. The van der Waals surface area contributed by atoms with Crippen molar-refractivity contribution in [2.45, 2.75) is 37.8 Å². The predicted molar refractivity (Wildman–Crippen MR) is 108 cm³/mol. The summed E-state index contributed by atoms with van der Waals surface area (Å²) in [6.45, 7) is 8.86. The van der Waals surface area contributed by atoms with Crippen molar-refractivity contribution in [1.29, 1.82) is 0 Å². The largest absolute Gasteiger partial charge is 0.497 e. The molecule has 1 aromatic carbocycles. The van der Waals surface area contributed by atoms with E-state index in [1.54, 1.807) is 7.11 Å². The van der Waals surface area contributed by atoms with E-state index in [1.807, 2.05) is 18.2 Å². The number of rotatable bonds is 7. The minimum absolute atomic E-state index is 0.0624. The van der Waals surface area contributed by atoms with Gasteiger partial charge in [0.15, 0.2) is 5.82 Å². The third-order valence-electron chi connectivity index (χ3n) is 6.02. The average Bonchev–Trinajstić information content (AvgIpc) is 3.42. The summed E-state index contributed by atoms with van der Waals surface area (Å²) in [5, 5.41) is 13.0. The molecule has 1 atom stereocenters. The molecule has 1 aliphatic heterocycles. The van der Waals surface area contributed by atoms with E-state index in [-0.39, 0.29) is 6.04 Å². The second-order valence-electron chi connectivity index (χ2n) is 7.72. The van der Waals surface area contributed by atoms with Gasteiger partial charge in [-0.05, 0) is 41.0 Å². The number of methoxy groups -OCH3 is 1. The Morgan fingerprint density at radius 2 is 1.86 bits per heavy atom. The monoisotopic (exact) mass is 382 g/mol. The molecule has 2 heterocycles. The van der Waals surface area contributed by atoms with Crippen LogP contribution in [-0.4, -0.2) is 69.8 Å². The fraction of sp³-hybridized carbons (Fsp3) is 0.571. The Morgan fingerprint density at radius 3 is 2.50 bits per heavy atom. The number of nitrogens with zero attached hydrogens (tertiary/aromatic N) is 6. The number of ether oxygens (including phenoxy) is 1. The van der Waals surface area contributed by atoms with Crippen molar-refractivity contribution in [3.05, 3.63) is 48.3 Å². The van der Waals surface area contributed by atoms with E-state index in [9.17, 15) is 0 Å². The van der Waals surface area contributed by atoms with Gasteiger partial charge in [0, 0.05) is 32.7 Å². The minimum atomic E-state index is 0.0624. The Hall–Kier alpha value is -2.25. The van der Waals surface area contributed by atoms with E-state index in [2.05, 4.69) is 48.7 Å². The standard InChI is InChI=1S/C21H30N6O/c1-3-12-25-13-15-26(16-14-25)20(17-8-10-19(28-2)11-9-17)21-22-23-24-27(21)18-6-4-5-7-18/h3,8-11,18,20H,1,4-7,12-16H2,2H3. The lowest BCUT2D eigenvalue weighted by Crippen LogP contribution is -2.48. The molecule has 2 aromatic rings. The Balaban J connectivity index is 1.64. The zero-order valence-corrected chi connectivity index (χ0v) is 16.7. The molecule has 1 saturated heterocycles. The second kappa shape index (κ2) is 8.84. The molecular weight excluding hydrogens is 352 g/mol. The molecule has 1 aromatic heterocycles. The maximum Gasteiger partial charge on any atom is 0.173 e. The summed E-state index contributed by atoms with van der Waals surface area (Å²) >= 11 is 0. The zero-order chi connectivity index (χ0) is 19.3. The molecule has 0 bridgehead atoms. The molecule has 1 saturated carbocycles. The summed E-state index contributed by atoms with van der Waals surface area (Å²) in [7, 11) is 1.70. The van der Waals surface area contributed by atoms with Gasteiger partial charge in [0.1, 0.15) is 5.75 Å². The van der Waals surface area contributed by atoms with Crippen molar-refractivity contribution < 1.29 is 4.74 Å². The van der Waals surface area contributed by atoms with Gasteiger partial charge in [-0.15, -0.1) is 11.7 Å². The number of piperazine rings is 1. The molecule has 0 radical (unpaired) electrons. The van der Waals surface area contributed by atoms with Gasteiger partial charge in [0.25, 0.3) is 0 Å². The molecule has 0 amide bonds. The van der Waals surface area contributed by atoms with Gasteiger partial charge in [-0.3, -0.25) is 9.80 Å². The van der Waals surface area contributed by atoms with Crippen LogP contribution in [0, 0.1) is 0 Å². The van der Waals surface area contributed by atoms with Crippen molar-refractivity contribution in [1.82, 2.24) is 30.0 Å². The van der Waals surface area contributed by atoms with E-state index >= 15 is 0 Å². The van der Waals surface area contributed by atoms with Gasteiger partial charge in [-0.2, -0.15) is 0 Å². The number of hydrogen-bond acceptors (Lipinski definition) is 6. The second-order valence-corrected chi connectivity index (χ2v) is 7.72. The summed E-state index contributed by atoms with van der Waals surface area (Å²) < 4.78 is 7.45. The highest BCUT2D eigenvalue weighted by molar-refractivity contribution is 5.32. The SMILES string of the molecule is C=CCN1CCN(C(c2ccc(OC)cc2)c2nnnn2C2CCCC2)CC1. The first-order valence-electron chi connectivity index (χ1n) is 10.3. The highest BCUT2D eigenvalue weighted by Gasteiger charge is 2.32. The third-order valence-corrected chi connectivity index (χ3v) is 6.02. The average molecular weight is 383 g/mol. The molecule has 7 nitrogen and oxygen atoms in total. The Kier molecular flexibility index (Phi) is 6.02. The minimum Gasteiger partial charge on any atom is -0.497 e. The van der Waals surface area contributed by atoms with Crippen LogP contribution in [0.4, 0.5) is 0 Å². The van der Waals surface area contributed by atoms with E-state index in [1.165, 1.54) is 31.2 Å². The fourth-order valence-corrected chi connectivity index (χ4v) is 4.49. The number of tetrazole rings is 1. The van der Waals surface area contributed by atoms with Crippen LogP contribution in [0.25, 0.3) is 0 Å². The molecule has 2 aliphatic rings. The first-order chi connectivity index (χ1) is 13.8. The Morgan fingerprint density at radius 1 is 1.14 bits per heavy atom.